The molecule has 2 aliphatic heterocycles. The Morgan fingerprint density at radius 2 is 1.68 bits per heavy atom. The maximum atomic E-state index is 10.3. The molecule has 2 aliphatic carbocycles. The molecule has 4 rings (SSSR count). The Balaban J connectivity index is 0.000000117. The maximum Gasteiger partial charge on any atom is 0.123 e. The molecule has 2 saturated carbocycles. The second kappa shape index (κ2) is 5.90. The van der Waals surface area contributed by atoms with Gasteiger partial charge in [-0.25, -0.2) is 0 Å². The van der Waals surface area contributed by atoms with Crippen molar-refractivity contribution < 1.29 is 19.0 Å². The Kier molecular flexibility index (Phi) is 4.20. The first-order valence-electron chi connectivity index (χ1n) is 7.55. The molecule has 4 nitrogen and oxygen atoms in total. The van der Waals surface area contributed by atoms with Crippen LogP contribution in [-0.4, -0.2) is 44.4 Å². The topological polar surface area (TPSA) is 51.4 Å². The first-order chi connectivity index (χ1) is 9.30. The number of rotatable bonds is 3. The molecule has 6 unspecified atom stereocenters. The molecule has 108 valence electrons. The van der Waals surface area contributed by atoms with Crippen LogP contribution in [0.4, 0.5) is 0 Å². The second-order valence-electron chi connectivity index (χ2n) is 6.27. The molecule has 2 saturated heterocycles. The third-order valence-electron chi connectivity index (χ3n) is 4.75. The first-order valence-corrected chi connectivity index (χ1v) is 7.55. The molecule has 0 spiro atoms. The van der Waals surface area contributed by atoms with Crippen LogP contribution in [0.15, 0.2) is 0 Å². The van der Waals surface area contributed by atoms with Gasteiger partial charge in [0.2, 0.25) is 0 Å². The summed E-state index contributed by atoms with van der Waals surface area (Å²) in [5, 5.41) is 0. The minimum absolute atomic E-state index is 0.300. The molecule has 4 aliphatic rings. The summed E-state index contributed by atoms with van der Waals surface area (Å²) in [4.78, 5) is 10.3. The van der Waals surface area contributed by atoms with Gasteiger partial charge < -0.3 is 19.0 Å². The van der Waals surface area contributed by atoms with Gasteiger partial charge in [-0.3, -0.25) is 0 Å². The van der Waals surface area contributed by atoms with Crippen LogP contribution in [0.1, 0.15) is 38.5 Å². The zero-order valence-corrected chi connectivity index (χ0v) is 11.6. The molecule has 0 bridgehead atoms. The van der Waals surface area contributed by atoms with Crippen LogP contribution in [0, 0.1) is 11.8 Å². The molecule has 6 atom stereocenters. The first kappa shape index (κ1) is 13.5. The van der Waals surface area contributed by atoms with Gasteiger partial charge in [0.05, 0.1) is 24.4 Å². The summed E-state index contributed by atoms with van der Waals surface area (Å²) in [6.07, 6.45) is 10.2. The Hall–Kier alpha value is -0.450. The van der Waals surface area contributed by atoms with Crippen LogP contribution in [0.25, 0.3) is 0 Å². The Bertz CT molecular complexity index is 319. The van der Waals surface area contributed by atoms with Gasteiger partial charge in [0.15, 0.2) is 0 Å². The van der Waals surface area contributed by atoms with E-state index in [0.717, 1.165) is 38.1 Å². The summed E-state index contributed by atoms with van der Waals surface area (Å²) in [5.41, 5.74) is 0. The quantitative estimate of drug-likeness (QED) is 0.580. The minimum Gasteiger partial charge on any atom is -0.384 e. The van der Waals surface area contributed by atoms with E-state index in [2.05, 4.69) is 0 Å². The number of ether oxygens (including phenoxy) is 3. The fraction of sp³-hybridized carbons (Fsp3) is 0.933. The van der Waals surface area contributed by atoms with Crippen molar-refractivity contribution in [3.05, 3.63) is 0 Å². The fourth-order valence-electron chi connectivity index (χ4n) is 3.43. The third kappa shape index (κ3) is 3.56. The lowest BCUT2D eigenvalue weighted by Crippen LogP contribution is -2.17. The molecule has 0 amide bonds. The summed E-state index contributed by atoms with van der Waals surface area (Å²) >= 11 is 0. The van der Waals surface area contributed by atoms with Crippen molar-refractivity contribution >= 4 is 6.29 Å². The van der Waals surface area contributed by atoms with E-state index >= 15 is 0 Å². The molecule has 0 aromatic rings. The van der Waals surface area contributed by atoms with E-state index in [1.54, 1.807) is 7.11 Å². The highest BCUT2D eigenvalue weighted by atomic mass is 16.6. The number of fused-ring (bicyclic) bond motifs is 2. The predicted octanol–water partition coefficient (Wildman–Crippen LogP) is 1.95. The average Bonchev–Trinajstić information content (AvgIpc) is 3.32. The summed E-state index contributed by atoms with van der Waals surface area (Å²) < 4.78 is 15.7. The number of aldehydes is 1. The SMILES string of the molecule is COCC1CCC2OC2C1.O=CC1CCC2OC2C1. The van der Waals surface area contributed by atoms with Gasteiger partial charge in [0, 0.05) is 19.6 Å². The summed E-state index contributed by atoms with van der Waals surface area (Å²) in [6.45, 7) is 0.923. The van der Waals surface area contributed by atoms with Crippen LogP contribution in [0.5, 0.6) is 0 Å². The van der Waals surface area contributed by atoms with Crippen LogP contribution in [0.2, 0.25) is 0 Å². The van der Waals surface area contributed by atoms with Crippen LogP contribution in [0.3, 0.4) is 0 Å². The standard InChI is InChI=1S/C8H14O2.C7H10O2/c1-9-5-6-2-3-7-8(4-6)10-7;8-4-5-1-2-6-7(3-5)9-6/h6-8H,2-5H2,1H3;4-7H,1-3H2. The van der Waals surface area contributed by atoms with Gasteiger partial charge in [-0.05, 0) is 44.4 Å². The van der Waals surface area contributed by atoms with Gasteiger partial charge >= 0.3 is 0 Å². The van der Waals surface area contributed by atoms with Crippen molar-refractivity contribution in [1.29, 1.82) is 0 Å². The van der Waals surface area contributed by atoms with Crippen molar-refractivity contribution in [3.8, 4) is 0 Å². The highest BCUT2D eigenvalue weighted by molar-refractivity contribution is 5.54. The van der Waals surface area contributed by atoms with Gasteiger partial charge in [-0.1, -0.05) is 0 Å². The number of carbonyl (C=O) groups is 1. The van der Waals surface area contributed by atoms with E-state index in [1.165, 1.54) is 19.3 Å². The van der Waals surface area contributed by atoms with E-state index in [9.17, 15) is 4.79 Å². The molecular formula is C15H24O4. The number of methoxy groups -OCH3 is 1. The van der Waals surface area contributed by atoms with Gasteiger partial charge in [-0.15, -0.1) is 0 Å². The molecule has 2 heterocycles. The molecule has 4 heteroatoms. The fourth-order valence-corrected chi connectivity index (χ4v) is 3.43. The maximum absolute atomic E-state index is 10.3. The van der Waals surface area contributed by atoms with Crippen molar-refractivity contribution in [1.82, 2.24) is 0 Å². The van der Waals surface area contributed by atoms with E-state index in [-0.39, 0.29) is 0 Å². The minimum atomic E-state index is 0.300. The van der Waals surface area contributed by atoms with Crippen molar-refractivity contribution in [3.63, 3.8) is 0 Å². The lowest BCUT2D eigenvalue weighted by Gasteiger charge is -2.16. The van der Waals surface area contributed by atoms with Gasteiger partial charge in [0.1, 0.15) is 6.29 Å². The van der Waals surface area contributed by atoms with Crippen LogP contribution >= 0.6 is 0 Å². The molecular weight excluding hydrogens is 244 g/mol. The zero-order valence-electron chi connectivity index (χ0n) is 11.6. The lowest BCUT2D eigenvalue weighted by molar-refractivity contribution is -0.111. The number of hydrogen-bond acceptors (Lipinski definition) is 4. The monoisotopic (exact) mass is 268 g/mol. The molecule has 0 radical (unpaired) electrons. The lowest BCUT2D eigenvalue weighted by atomic mass is 9.90. The Morgan fingerprint density at radius 3 is 2.26 bits per heavy atom. The third-order valence-corrected chi connectivity index (χ3v) is 4.75. The Morgan fingerprint density at radius 1 is 1.00 bits per heavy atom. The van der Waals surface area contributed by atoms with Crippen LogP contribution in [-0.2, 0) is 19.0 Å². The number of carbonyl (C=O) groups excluding carboxylic acids is 1. The average molecular weight is 268 g/mol. The normalized spacial score (nSPS) is 46.2. The van der Waals surface area contributed by atoms with E-state index in [1.807, 2.05) is 0 Å². The molecule has 4 fully saturated rings. The molecule has 19 heavy (non-hydrogen) atoms. The summed E-state index contributed by atoms with van der Waals surface area (Å²) in [7, 11) is 1.78. The van der Waals surface area contributed by atoms with Crippen molar-refractivity contribution in [2.75, 3.05) is 13.7 Å². The van der Waals surface area contributed by atoms with E-state index in [4.69, 9.17) is 14.2 Å². The molecule has 0 aromatic carbocycles. The van der Waals surface area contributed by atoms with Gasteiger partial charge in [-0.2, -0.15) is 0 Å². The highest BCUT2D eigenvalue weighted by Crippen LogP contribution is 2.39. The second-order valence-corrected chi connectivity index (χ2v) is 6.27. The van der Waals surface area contributed by atoms with Crippen molar-refractivity contribution in [2.24, 2.45) is 11.8 Å². The van der Waals surface area contributed by atoms with Crippen molar-refractivity contribution in [2.45, 2.75) is 62.9 Å². The predicted molar refractivity (Wildman–Crippen MR) is 69.9 cm³/mol. The highest BCUT2D eigenvalue weighted by Gasteiger charge is 2.44. The summed E-state index contributed by atoms with van der Waals surface area (Å²) in [5.74, 6) is 1.07. The zero-order chi connectivity index (χ0) is 13.2. The van der Waals surface area contributed by atoms with Crippen LogP contribution < -0.4 is 0 Å². The van der Waals surface area contributed by atoms with E-state index < -0.39 is 0 Å². The van der Waals surface area contributed by atoms with E-state index in [0.29, 0.717) is 30.3 Å². The van der Waals surface area contributed by atoms with Gasteiger partial charge in [0.25, 0.3) is 0 Å². The summed E-state index contributed by atoms with van der Waals surface area (Å²) in [6, 6.07) is 0. The number of epoxide rings is 2. The molecule has 0 aromatic heterocycles. The molecule has 0 N–H and O–H groups in total. The number of hydrogen-bond donors (Lipinski definition) is 0. The smallest absolute Gasteiger partial charge is 0.123 e. The Labute approximate surface area is 114 Å². The largest absolute Gasteiger partial charge is 0.384 e.